The zero-order chi connectivity index (χ0) is 16.8. The van der Waals surface area contributed by atoms with Crippen LogP contribution in [0.25, 0.3) is 0 Å². The number of halogens is 1. The predicted octanol–water partition coefficient (Wildman–Crippen LogP) is 2.70. The summed E-state index contributed by atoms with van der Waals surface area (Å²) in [6.07, 6.45) is 0.975. The lowest BCUT2D eigenvalue weighted by molar-refractivity contribution is 0.187. The Balaban J connectivity index is 1.70. The van der Waals surface area contributed by atoms with Crippen LogP contribution in [0.1, 0.15) is 13.3 Å². The number of hydrogen-bond acceptors (Lipinski definition) is 3. The third-order valence-corrected chi connectivity index (χ3v) is 4.14. The molecule has 0 spiro atoms. The normalized spacial score (nSPS) is 19.0. The van der Waals surface area contributed by atoms with Gasteiger partial charge in [-0.05, 0) is 57.6 Å². The third-order valence-electron chi connectivity index (χ3n) is 3.89. The number of benzene rings is 1. The van der Waals surface area contributed by atoms with Crippen LogP contribution in [0.4, 0.5) is 4.79 Å². The molecule has 1 heterocycles. The van der Waals surface area contributed by atoms with E-state index in [1.165, 1.54) is 0 Å². The highest BCUT2D eigenvalue weighted by atomic mass is 35.5. The summed E-state index contributed by atoms with van der Waals surface area (Å²) >= 11 is 5.85. The summed E-state index contributed by atoms with van der Waals surface area (Å²) in [5.41, 5.74) is 0. The fourth-order valence-corrected chi connectivity index (χ4v) is 2.94. The Kier molecular flexibility index (Phi) is 6.54. The van der Waals surface area contributed by atoms with E-state index in [0.29, 0.717) is 17.5 Å². The van der Waals surface area contributed by atoms with Crippen molar-refractivity contribution in [2.24, 2.45) is 5.92 Å². The summed E-state index contributed by atoms with van der Waals surface area (Å²) in [5.74, 6) is 1.32. The second-order valence-corrected chi connectivity index (χ2v) is 6.87. The molecule has 1 saturated heterocycles. The molecule has 1 N–H and O–H groups in total. The maximum Gasteiger partial charge on any atom is 0.317 e. The van der Waals surface area contributed by atoms with Crippen LogP contribution >= 0.6 is 11.6 Å². The summed E-state index contributed by atoms with van der Waals surface area (Å²) in [6, 6.07) is 7.23. The average molecular weight is 340 g/mol. The molecule has 2 rings (SSSR count). The minimum absolute atomic E-state index is 0.00203. The first-order valence-corrected chi connectivity index (χ1v) is 8.41. The Morgan fingerprint density at radius 3 is 2.78 bits per heavy atom. The average Bonchev–Trinajstić information content (AvgIpc) is 2.95. The van der Waals surface area contributed by atoms with Crippen molar-refractivity contribution in [3.8, 4) is 5.75 Å². The van der Waals surface area contributed by atoms with Crippen LogP contribution < -0.4 is 10.1 Å². The smallest absolute Gasteiger partial charge is 0.317 e. The molecule has 1 aliphatic heterocycles. The second kappa shape index (κ2) is 8.41. The van der Waals surface area contributed by atoms with E-state index in [1.807, 2.05) is 24.0 Å². The summed E-state index contributed by atoms with van der Waals surface area (Å²) in [6.45, 7) is 5.11. The minimum atomic E-state index is -0.0969. The number of rotatable bonds is 6. The molecule has 2 atom stereocenters. The van der Waals surface area contributed by atoms with Crippen molar-refractivity contribution in [3.05, 3.63) is 29.3 Å². The number of ether oxygens (including phenoxy) is 1. The number of nitrogens with one attached hydrogen (secondary N) is 1. The van der Waals surface area contributed by atoms with Crippen LogP contribution in [0.2, 0.25) is 5.02 Å². The zero-order valence-electron chi connectivity index (χ0n) is 14.1. The van der Waals surface area contributed by atoms with Gasteiger partial charge < -0.3 is 19.9 Å². The fourth-order valence-electron chi connectivity index (χ4n) is 2.81. The molecule has 1 aromatic rings. The predicted molar refractivity (Wildman–Crippen MR) is 93.2 cm³/mol. The van der Waals surface area contributed by atoms with Gasteiger partial charge in [0.2, 0.25) is 0 Å². The van der Waals surface area contributed by atoms with Gasteiger partial charge in [-0.1, -0.05) is 11.6 Å². The summed E-state index contributed by atoms with van der Waals surface area (Å²) < 4.78 is 5.76. The SMILES string of the molecule is C[C@@H](CNC(=O)N1CC[C@H](CN(C)C)C1)Oc1ccc(Cl)cc1. The van der Waals surface area contributed by atoms with Crippen LogP contribution in [0.15, 0.2) is 24.3 Å². The molecule has 2 amide bonds. The Morgan fingerprint density at radius 2 is 2.13 bits per heavy atom. The molecular weight excluding hydrogens is 314 g/mol. The first-order chi connectivity index (χ1) is 10.9. The molecule has 0 bridgehead atoms. The van der Waals surface area contributed by atoms with Gasteiger partial charge in [0.15, 0.2) is 0 Å². The van der Waals surface area contributed by atoms with Gasteiger partial charge in [-0.15, -0.1) is 0 Å². The van der Waals surface area contributed by atoms with Crippen molar-refractivity contribution < 1.29 is 9.53 Å². The second-order valence-electron chi connectivity index (χ2n) is 6.43. The molecule has 128 valence electrons. The van der Waals surface area contributed by atoms with E-state index in [-0.39, 0.29) is 12.1 Å². The van der Waals surface area contributed by atoms with Crippen LogP contribution in [0, 0.1) is 5.92 Å². The molecule has 0 aliphatic carbocycles. The molecule has 1 fully saturated rings. The lowest BCUT2D eigenvalue weighted by Gasteiger charge is -2.21. The van der Waals surface area contributed by atoms with Gasteiger partial charge in [0.1, 0.15) is 11.9 Å². The van der Waals surface area contributed by atoms with Gasteiger partial charge in [0.25, 0.3) is 0 Å². The number of amides is 2. The maximum atomic E-state index is 12.2. The van der Waals surface area contributed by atoms with Crippen molar-refractivity contribution >= 4 is 17.6 Å². The van der Waals surface area contributed by atoms with E-state index in [2.05, 4.69) is 24.3 Å². The molecule has 6 heteroatoms. The van der Waals surface area contributed by atoms with Gasteiger partial charge >= 0.3 is 6.03 Å². The van der Waals surface area contributed by atoms with Crippen molar-refractivity contribution in [2.45, 2.75) is 19.4 Å². The molecule has 1 aromatic carbocycles. The highest BCUT2D eigenvalue weighted by Gasteiger charge is 2.26. The van der Waals surface area contributed by atoms with Gasteiger partial charge in [0.05, 0.1) is 6.54 Å². The lowest BCUT2D eigenvalue weighted by atomic mass is 10.1. The third kappa shape index (κ3) is 5.92. The fraction of sp³-hybridized carbons (Fsp3) is 0.588. The van der Waals surface area contributed by atoms with Crippen molar-refractivity contribution in [2.75, 3.05) is 40.3 Å². The Morgan fingerprint density at radius 1 is 1.43 bits per heavy atom. The standard InChI is InChI=1S/C17H26ClN3O2/c1-13(23-16-6-4-15(18)5-7-16)10-19-17(22)21-9-8-14(12-21)11-20(2)3/h4-7,13-14H,8-12H2,1-3H3,(H,19,22)/t13-,14+/m0/s1. The van der Waals surface area contributed by atoms with E-state index in [9.17, 15) is 4.79 Å². The Labute approximate surface area is 143 Å². The van der Waals surface area contributed by atoms with E-state index in [1.54, 1.807) is 12.1 Å². The minimum Gasteiger partial charge on any atom is -0.489 e. The van der Waals surface area contributed by atoms with Gasteiger partial charge in [-0.25, -0.2) is 4.79 Å². The van der Waals surface area contributed by atoms with Crippen molar-refractivity contribution in [1.29, 1.82) is 0 Å². The first-order valence-electron chi connectivity index (χ1n) is 8.03. The number of hydrogen-bond donors (Lipinski definition) is 1. The van der Waals surface area contributed by atoms with Crippen molar-refractivity contribution in [1.82, 2.24) is 15.1 Å². The molecule has 0 saturated carbocycles. The Bertz CT molecular complexity index is 507. The van der Waals surface area contributed by atoms with E-state index in [4.69, 9.17) is 16.3 Å². The molecule has 23 heavy (non-hydrogen) atoms. The summed E-state index contributed by atoms with van der Waals surface area (Å²) in [5, 5.41) is 3.63. The molecule has 1 aliphatic rings. The molecule has 0 unspecified atom stereocenters. The van der Waals surface area contributed by atoms with Crippen LogP contribution in [0.5, 0.6) is 5.75 Å². The number of urea groups is 1. The highest BCUT2D eigenvalue weighted by Crippen LogP contribution is 2.18. The maximum absolute atomic E-state index is 12.2. The molecule has 5 nitrogen and oxygen atoms in total. The van der Waals surface area contributed by atoms with Gasteiger partial charge in [0, 0.05) is 24.7 Å². The van der Waals surface area contributed by atoms with Crippen molar-refractivity contribution in [3.63, 3.8) is 0 Å². The largest absolute Gasteiger partial charge is 0.489 e. The topological polar surface area (TPSA) is 44.8 Å². The van der Waals surface area contributed by atoms with E-state index >= 15 is 0 Å². The van der Waals surface area contributed by atoms with E-state index < -0.39 is 0 Å². The monoisotopic (exact) mass is 339 g/mol. The van der Waals surface area contributed by atoms with Crippen LogP contribution in [-0.2, 0) is 0 Å². The zero-order valence-corrected chi connectivity index (χ0v) is 14.8. The van der Waals surface area contributed by atoms with Crippen LogP contribution in [0.3, 0.4) is 0 Å². The summed E-state index contributed by atoms with van der Waals surface area (Å²) in [4.78, 5) is 16.3. The molecule has 0 radical (unpaired) electrons. The quantitative estimate of drug-likeness (QED) is 0.866. The van der Waals surface area contributed by atoms with E-state index in [0.717, 1.165) is 31.8 Å². The molecular formula is C17H26ClN3O2. The highest BCUT2D eigenvalue weighted by molar-refractivity contribution is 6.30. The number of nitrogens with zero attached hydrogens (tertiary/aromatic N) is 2. The Hall–Kier alpha value is -1.46. The lowest BCUT2D eigenvalue weighted by Crippen LogP contribution is -2.42. The first kappa shape index (κ1) is 17.9. The number of carbonyl (C=O) groups is 1. The number of carbonyl (C=O) groups excluding carboxylic acids is 1. The van der Waals surface area contributed by atoms with Crippen LogP contribution in [-0.4, -0.2) is 62.2 Å². The van der Waals surface area contributed by atoms with Gasteiger partial charge in [-0.2, -0.15) is 0 Å². The van der Waals surface area contributed by atoms with Gasteiger partial charge in [-0.3, -0.25) is 0 Å². The summed E-state index contributed by atoms with van der Waals surface area (Å²) in [7, 11) is 4.14. The number of likely N-dealkylation sites (tertiary alicyclic amines) is 1. The molecule has 0 aromatic heterocycles.